The summed E-state index contributed by atoms with van der Waals surface area (Å²) in [5, 5.41) is 13.7. The van der Waals surface area contributed by atoms with Crippen molar-refractivity contribution in [3.8, 4) is 5.75 Å². The Kier molecular flexibility index (Phi) is 5.00. The van der Waals surface area contributed by atoms with E-state index in [9.17, 15) is 14.9 Å². The van der Waals surface area contributed by atoms with Crippen molar-refractivity contribution in [3.05, 3.63) is 58.1 Å². The van der Waals surface area contributed by atoms with Gasteiger partial charge in [0, 0.05) is 16.5 Å². The van der Waals surface area contributed by atoms with E-state index in [1.807, 2.05) is 0 Å². The number of nitrogens with one attached hydrogen (secondary N) is 1. The molecule has 0 fully saturated rings. The van der Waals surface area contributed by atoms with Crippen LogP contribution in [0, 0.1) is 10.1 Å². The van der Waals surface area contributed by atoms with Gasteiger partial charge in [0.1, 0.15) is 0 Å². The molecule has 2 rings (SSSR count). The molecule has 7 heteroatoms. The van der Waals surface area contributed by atoms with Gasteiger partial charge in [-0.2, -0.15) is 0 Å². The van der Waals surface area contributed by atoms with E-state index in [2.05, 4.69) is 17.9 Å². The molecule has 22 heavy (non-hydrogen) atoms. The van der Waals surface area contributed by atoms with Gasteiger partial charge in [-0.3, -0.25) is 14.9 Å². The van der Waals surface area contributed by atoms with Crippen molar-refractivity contribution >= 4 is 29.9 Å². The average Bonchev–Trinajstić information content (AvgIpc) is 2.50. The normalized spacial score (nSPS) is 10.1. The van der Waals surface area contributed by atoms with Crippen molar-refractivity contribution in [1.82, 2.24) is 0 Å². The van der Waals surface area contributed by atoms with Crippen LogP contribution < -0.4 is 10.1 Å². The predicted octanol–water partition coefficient (Wildman–Crippen LogP) is 3.53. The van der Waals surface area contributed by atoms with E-state index < -0.39 is 10.8 Å². The van der Waals surface area contributed by atoms with Crippen molar-refractivity contribution < 1.29 is 14.5 Å². The van der Waals surface area contributed by atoms with Crippen molar-refractivity contribution in [2.45, 2.75) is 11.8 Å². The molecular formula is C15H14N2O4S. The predicted molar refractivity (Wildman–Crippen MR) is 85.9 cm³/mol. The number of nitrogens with zero attached hydrogens (tertiary/aromatic N) is 1. The van der Waals surface area contributed by atoms with Gasteiger partial charge in [0.2, 0.25) is 0 Å². The highest BCUT2D eigenvalue weighted by Crippen LogP contribution is 2.28. The summed E-state index contributed by atoms with van der Waals surface area (Å²) in [6.45, 7) is 2.04. The number of carbonyl (C=O) groups excluding carboxylic acids is 1. The van der Waals surface area contributed by atoms with Crippen LogP contribution in [0.4, 0.5) is 11.4 Å². The maximum Gasteiger partial charge on any atom is 0.311 e. The second-order valence-electron chi connectivity index (χ2n) is 4.34. The van der Waals surface area contributed by atoms with Crippen LogP contribution in [0.25, 0.3) is 0 Å². The number of ether oxygens (including phenoxy) is 1. The second-order valence-corrected chi connectivity index (χ2v) is 4.83. The molecule has 0 saturated heterocycles. The van der Waals surface area contributed by atoms with Crippen molar-refractivity contribution in [3.63, 3.8) is 0 Å². The highest BCUT2D eigenvalue weighted by Gasteiger charge is 2.18. The number of anilines is 1. The zero-order valence-electron chi connectivity index (χ0n) is 11.8. The Morgan fingerprint density at radius 2 is 2.05 bits per heavy atom. The molecule has 0 heterocycles. The summed E-state index contributed by atoms with van der Waals surface area (Å²) in [4.78, 5) is 23.3. The SMILES string of the molecule is CCOc1ccc(C(=O)Nc2ccccc2S)cc1[N+](=O)[O-]. The van der Waals surface area contributed by atoms with Gasteiger partial charge < -0.3 is 10.1 Å². The molecule has 0 unspecified atom stereocenters. The fourth-order valence-electron chi connectivity index (χ4n) is 1.85. The van der Waals surface area contributed by atoms with Crippen LogP contribution in [-0.4, -0.2) is 17.4 Å². The van der Waals surface area contributed by atoms with E-state index in [0.717, 1.165) is 0 Å². The third-order valence-electron chi connectivity index (χ3n) is 2.87. The average molecular weight is 318 g/mol. The molecule has 1 N–H and O–H groups in total. The maximum absolute atomic E-state index is 12.2. The number of thiol groups is 1. The Hall–Kier alpha value is -2.54. The minimum Gasteiger partial charge on any atom is -0.487 e. The molecular weight excluding hydrogens is 304 g/mol. The molecule has 6 nitrogen and oxygen atoms in total. The molecule has 0 bridgehead atoms. The number of nitro groups is 1. The first-order valence-electron chi connectivity index (χ1n) is 6.53. The molecule has 2 aromatic carbocycles. The lowest BCUT2D eigenvalue weighted by atomic mass is 10.1. The number of hydrogen-bond donors (Lipinski definition) is 2. The van der Waals surface area contributed by atoms with E-state index >= 15 is 0 Å². The first-order valence-corrected chi connectivity index (χ1v) is 6.98. The van der Waals surface area contributed by atoms with Gasteiger partial charge in [-0.15, -0.1) is 12.6 Å². The second kappa shape index (κ2) is 6.95. The minimum atomic E-state index is -0.575. The Morgan fingerprint density at radius 3 is 2.68 bits per heavy atom. The number of amides is 1. The topological polar surface area (TPSA) is 81.5 Å². The molecule has 0 spiro atoms. The van der Waals surface area contributed by atoms with Gasteiger partial charge in [-0.05, 0) is 31.2 Å². The van der Waals surface area contributed by atoms with Crippen LogP contribution in [0.5, 0.6) is 5.75 Å². The summed E-state index contributed by atoms with van der Waals surface area (Å²) in [6, 6.07) is 11.1. The third-order valence-corrected chi connectivity index (χ3v) is 3.26. The highest BCUT2D eigenvalue weighted by atomic mass is 32.1. The first-order chi connectivity index (χ1) is 10.5. The standard InChI is InChI=1S/C15H14N2O4S/c1-2-21-13-8-7-10(9-12(13)17(19)20)15(18)16-11-5-3-4-6-14(11)22/h3-9,22H,2H2,1H3,(H,16,18). The van der Waals surface area contributed by atoms with E-state index in [1.165, 1.54) is 18.2 Å². The maximum atomic E-state index is 12.2. The fraction of sp³-hybridized carbons (Fsp3) is 0.133. The molecule has 0 radical (unpaired) electrons. The lowest BCUT2D eigenvalue weighted by Gasteiger charge is -2.09. The molecule has 0 aliphatic carbocycles. The van der Waals surface area contributed by atoms with Crippen molar-refractivity contribution in [1.29, 1.82) is 0 Å². The fourth-order valence-corrected chi connectivity index (χ4v) is 2.07. The zero-order chi connectivity index (χ0) is 16.1. The molecule has 114 valence electrons. The van der Waals surface area contributed by atoms with Crippen LogP contribution in [0.15, 0.2) is 47.4 Å². The van der Waals surface area contributed by atoms with E-state index in [0.29, 0.717) is 17.2 Å². The first kappa shape index (κ1) is 15.8. The van der Waals surface area contributed by atoms with Crippen molar-refractivity contribution in [2.75, 3.05) is 11.9 Å². The lowest BCUT2D eigenvalue weighted by Crippen LogP contribution is -2.13. The highest BCUT2D eigenvalue weighted by molar-refractivity contribution is 7.80. The van der Waals surface area contributed by atoms with E-state index in [-0.39, 0.29) is 17.0 Å². The Labute approximate surface area is 132 Å². The molecule has 2 aromatic rings. The Bertz CT molecular complexity index is 718. The van der Waals surface area contributed by atoms with Gasteiger partial charge in [0.15, 0.2) is 5.75 Å². The number of rotatable bonds is 5. The largest absolute Gasteiger partial charge is 0.487 e. The van der Waals surface area contributed by atoms with Crippen LogP contribution in [-0.2, 0) is 0 Å². The van der Waals surface area contributed by atoms with Gasteiger partial charge in [0.05, 0.1) is 17.2 Å². The van der Waals surface area contributed by atoms with Crippen LogP contribution in [0.3, 0.4) is 0 Å². The monoisotopic (exact) mass is 318 g/mol. The van der Waals surface area contributed by atoms with Crippen LogP contribution in [0.1, 0.15) is 17.3 Å². The molecule has 0 aliphatic heterocycles. The van der Waals surface area contributed by atoms with Gasteiger partial charge in [0.25, 0.3) is 5.91 Å². The van der Waals surface area contributed by atoms with Gasteiger partial charge >= 0.3 is 5.69 Å². The number of benzene rings is 2. The molecule has 1 amide bonds. The van der Waals surface area contributed by atoms with Gasteiger partial charge in [-0.1, -0.05) is 12.1 Å². The third kappa shape index (κ3) is 3.56. The minimum absolute atomic E-state index is 0.138. The molecule has 0 aromatic heterocycles. The Morgan fingerprint density at radius 1 is 1.32 bits per heavy atom. The summed E-state index contributed by atoms with van der Waals surface area (Å²) >= 11 is 4.24. The summed E-state index contributed by atoms with van der Waals surface area (Å²) in [5.41, 5.74) is 0.466. The summed E-state index contributed by atoms with van der Waals surface area (Å²) in [7, 11) is 0. The summed E-state index contributed by atoms with van der Waals surface area (Å²) in [5.74, 6) is -0.314. The van der Waals surface area contributed by atoms with E-state index in [4.69, 9.17) is 4.74 Å². The van der Waals surface area contributed by atoms with Gasteiger partial charge in [-0.25, -0.2) is 0 Å². The van der Waals surface area contributed by atoms with E-state index in [1.54, 1.807) is 31.2 Å². The molecule has 0 atom stereocenters. The van der Waals surface area contributed by atoms with Crippen LogP contribution in [0.2, 0.25) is 0 Å². The zero-order valence-corrected chi connectivity index (χ0v) is 12.7. The quantitative estimate of drug-likeness (QED) is 0.502. The number of hydrogen-bond acceptors (Lipinski definition) is 5. The summed E-state index contributed by atoms with van der Waals surface area (Å²) in [6.07, 6.45) is 0. The number of carbonyl (C=O) groups is 1. The number of para-hydroxylation sites is 1. The van der Waals surface area contributed by atoms with Crippen LogP contribution >= 0.6 is 12.6 Å². The summed E-state index contributed by atoms with van der Waals surface area (Å²) < 4.78 is 5.18. The Balaban J connectivity index is 2.28. The molecule has 0 aliphatic rings. The lowest BCUT2D eigenvalue weighted by molar-refractivity contribution is -0.385. The smallest absolute Gasteiger partial charge is 0.311 e. The molecule has 0 saturated carbocycles. The number of nitro benzene ring substituents is 1. The van der Waals surface area contributed by atoms with Crippen molar-refractivity contribution in [2.24, 2.45) is 0 Å².